The van der Waals surface area contributed by atoms with E-state index in [0.717, 1.165) is 22.3 Å². The van der Waals surface area contributed by atoms with Crippen LogP contribution in [0.25, 0.3) is 11.1 Å². The van der Waals surface area contributed by atoms with Crippen LogP contribution in [0.4, 0.5) is 10.5 Å². The Morgan fingerprint density at radius 2 is 1.46 bits per heavy atom. The number of nitrogens with one attached hydrogen (secondary N) is 2. The summed E-state index contributed by atoms with van der Waals surface area (Å²) >= 11 is 0. The number of anilines is 1. The van der Waals surface area contributed by atoms with E-state index < -0.39 is 23.5 Å². The van der Waals surface area contributed by atoms with Crippen LogP contribution in [0.5, 0.6) is 0 Å². The third-order valence-corrected chi connectivity index (χ3v) is 6.20. The summed E-state index contributed by atoms with van der Waals surface area (Å²) in [4.78, 5) is 36.5. The molecule has 0 radical (unpaired) electrons. The highest BCUT2D eigenvalue weighted by molar-refractivity contribution is 5.99. The van der Waals surface area contributed by atoms with E-state index in [1.807, 2.05) is 36.4 Å². The van der Waals surface area contributed by atoms with Gasteiger partial charge >= 0.3 is 12.1 Å². The summed E-state index contributed by atoms with van der Waals surface area (Å²) < 4.78 is 5.57. The number of fused-ring (bicyclic) bond motifs is 3. The van der Waals surface area contributed by atoms with Gasteiger partial charge in [-0.25, -0.2) is 4.79 Å². The number of benzene rings is 3. The summed E-state index contributed by atoms with van der Waals surface area (Å²) in [5.41, 5.74) is 4.45. The Hall–Kier alpha value is -4.13. The number of carboxylic acids is 1. The monoisotopic (exact) mass is 472 g/mol. The van der Waals surface area contributed by atoms with Gasteiger partial charge in [0.15, 0.2) is 0 Å². The second-order valence-corrected chi connectivity index (χ2v) is 9.08. The van der Waals surface area contributed by atoms with Gasteiger partial charge in [-0.3, -0.25) is 9.59 Å². The maximum atomic E-state index is 13.0. The summed E-state index contributed by atoms with van der Waals surface area (Å²) in [6, 6.07) is 23.2. The van der Waals surface area contributed by atoms with Gasteiger partial charge < -0.3 is 20.5 Å². The molecule has 0 unspecified atom stereocenters. The van der Waals surface area contributed by atoms with Crippen molar-refractivity contribution < 1.29 is 24.2 Å². The summed E-state index contributed by atoms with van der Waals surface area (Å²) in [6.07, 6.45) is -0.452. The Labute approximate surface area is 204 Å². The fourth-order valence-electron chi connectivity index (χ4n) is 4.33. The third-order valence-electron chi connectivity index (χ3n) is 6.20. The smallest absolute Gasteiger partial charge is 0.408 e. The first-order valence-corrected chi connectivity index (χ1v) is 11.5. The molecule has 0 atom stereocenters. The molecular formula is C28H28N2O5. The minimum absolute atomic E-state index is 0.0473. The van der Waals surface area contributed by atoms with Gasteiger partial charge in [-0.2, -0.15) is 0 Å². The first-order chi connectivity index (χ1) is 16.8. The van der Waals surface area contributed by atoms with Gasteiger partial charge in [-0.15, -0.1) is 0 Å². The molecule has 1 aliphatic rings. The molecule has 1 aliphatic carbocycles. The number of carboxylic acid groups (broad SMARTS) is 1. The molecule has 0 heterocycles. The molecule has 3 aromatic carbocycles. The van der Waals surface area contributed by atoms with E-state index in [9.17, 15) is 14.4 Å². The quantitative estimate of drug-likeness (QED) is 0.430. The summed E-state index contributed by atoms with van der Waals surface area (Å²) in [6.45, 7) is 3.32. The van der Waals surface area contributed by atoms with Crippen LogP contribution in [0.15, 0.2) is 72.8 Å². The Bertz CT molecular complexity index is 1220. The molecule has 35 heavy (non-hydrogen) atoms. The Morgan fingerprint density at radius 3 is 2.09 bits per heavy atom. The van der Waals surface area contributed by atoms with Gasteiger partial charge in [0, 0.05) is 18.0 Å². The molecule has 3 N–H and O–H groups in total. The van der Waals surface area contributed by atoms with Crippen molar-refractivity contribution in [2.24, 2.45) is 0 Å². The lowest BCUT2D eigenvalue weighted by Gasteiger charge is -2.26. The van der Waals surface area contributed by atoms with Crippen molar-refractivity contribution in [2.75, 3.05) is 11.9 Å². The summed E-state index contributed by atoms with van der Waals surface area (Å²) in [5.74, 6) is -1.43. The number of rotatable bonds is 8. The van der Waals surface area contributed by atoms with E-state index in [1.165, 1.54) is 0 Å². The predicted molar refractivity (Wildman–Crippen MR) is 133 cm³/mol. The first-order valence-electron chi connectivity index (χ1n) is 11.5. The number of amides is 2. The largest absolute Gasteiger partial charge is 0.481 e. The van der Waals surface area contributed by atoms with Gasteiger partial charge in [0.1, 0.15) is 12.1 Å². The molecular weight excluding hydrogens is 444 g/mol. The predicted octanol–water partition coefficient (Wildman–Crippen LogP) is 4.96. The molecule has 0 saturated heterocycles. The molecule has 7 heteroatoms. The number of alkyl carbamates (subject to hydrolysis) is 1. The van der Waals surface area contributed by atoms with Crippen molar-refractivity contribution >= 4 is 23.7 Å². The average Bonchev–Trinajstić information content (AvgIpc) is 3.15. The normalized spacial score (nSPS) is 12.4. The SMILES string of the molecule is CC(C)(NC(=O)OCC1c2ccccc2-c2ccccc21)C(=O)Nc1ccccc1CCC(=O)O. The first kappa shape index (κ1) is 24.0. The van der Waals surface area contributed by atoms with Gasteiger partial charge in [0.2, 0.25) is 5.91 Å². The molecule has 2 amide bonds. The lowest BCUT2D eigenvalue weighted by molar-refractivity contribution is -0.137. The van der Waals surface area contributed by atoms with Crippen LogP contribution in [0.2, 0.25) is 0 Å². The fourth-order valence-corrected chi connectivity index (χ4v) is 4.33. The second kappa shape index (κ2) is 10.0. The lowest BCUT2D eigenvalue weighted by Crippen LogP contribution is -2.52. The average molecular weight is 473 g/mol. The number of hydrogen-bond acceptors (Lipinski definition) is 4. The maximum Gasteiger partial charge on any atom is 0.408 e. The maximum absolute atomic E-state index is 13.0. The Balaban J connectivity index is 1.39. The van der Waals surface area contributed by atoms with Crippen molar-refractivity contribution in [3.05, 3.63) is 89.5 Å². The molecule has 3 aromatic rings. The van der Waals surface area contributed by atoms with Crippen molar-refractivity contribution in [2.45, 2.75) is 38.1 Å². The molecule has 7 nitrogen and oxygen atoms in total. The van der Waals surface area contributed by atoms with Crippen LogP contribution in [0, 0.1) is 0 Å². The van der Waals surface area contributed by atoms with Crippen LogP contribution >= 0.6 is 0 Å². The highest BCUT2D eigenvalue weighted by Gasteiger charge is 2.33. The topological polar surface area (TPSA) is 105 Å². The molecule has 0 spiro atoms. The van der Waals surface area contributed by atoms with Crippen LogP contribution in [-0.2, 0) is 20.7 Å². The molecule has 0 aliphatic heterocycles. The van der Waals surface area contributed by atoms with Crippen molar-refractivity contribution in [1.82, 2.24) is 5.32 Å². The summed E-state index contributed by atoms with van der Waals surface area (Å²) in [5, 5.41) is 14.4. The third kappa shape index (κ3) is 5.35. The number of aryl methyl sites for hydroxylation is 1. The number of para-hydroxylation sites is 1. The number of ether oxygens (including phenoxy) is 1. The van der Waals surface area contributed by atoms with E-state index in [2.05, 4.69) is 22.8 Å². The molecule has 0 fully saturated rings. The van der Waals surface area contributed by atoms with Crippen LogP contribution in [0.3, 0.4) is 0 Å². The molecule has 0 aromatic heterocycles. The van der Waals surface area contributed by atoms with Crippen molar-refractivity contribution in [3.8, 4) is 11.1 Å². The van der Waals surface area contributed by atoms with E-state index in [0.29, 0.717) is 11.3 Å². The van der Waals surface area contributed by atoms with Crippen LogP contribution < -0.4 is 10.6 Å². The van der Waals surface area contributed by atoms with Gasteiger partial charge in [-0.1, -0.05) is 66.7 Å². The van der Waals surface area contributed by atoms with Gasteiger partial charge in [-0.05, 0) is 54.2 Å². The van der Waals surface area contributed by atoms with Crippen LogP contribution in [0.1, 0.15) is 42.9 Å². The van der Waals surface area contributed by atoms with E-state index in [4.69, 9.17) is 9.84 Å². The lowest BCUT2D eigenvalue weighted by atomic mass is 9.98. The highest BCUT2D eigenvalue weighted by atomic mass is 16.5. The summed E-state index contributed by atoms with van der Waals surface area (Å²) in [7, 11) is 0. The number of carbonyl (C=O) groups is 3. The molecule has 4 rings (SSSR count). The van der Waals surface area contributed by atoms with Gasteiger partial charge in [0.25, 0.3) is 0 Å². The zero-order valence-corrected chi connectivity index (χ0v) is 19.7. The van der Waals surface area contributed by atoms with E-state index >= 15 is 0 Å². The van der Waals surface area contributed by atoms with Crippen molar-refractivity contribution in [3.63, 3.8) is 0 Å². The minimum Gasteiger partial charge on any atom is -0.481 e. The Morgan fingerprint density at radius 1 is 0.886 bits per heavy atom. The van der Waals surface area contributed by atoms with E-state index in [-0.39, 0.29) is 25.4 Å². The zero-order chi connectivity index (χ0) is 25.0. The van der Waals surface area contributed by atoms with Gasteiger partial charge in [0.05, 0.1) is 0 Å². The van der Waals surface area contributed by atoms with E-state index in [1.54, 1.807) is 38.1 Å². The van der Waals surface area contributed by atoms with Crippen molar-refractivity contribution in [1.29, 1.82) is 0 Å². The zero-order valence-electron chi connectivity index (χ0n) is 19.7. The highest BCUT2D eigenvalue weighted by Crippen LogP contribution is 2.44. The molecule has 0 saturated carbocycles. The Kier molecular flexibility index (Phi) is 6.87. The number of aliphatic carboxylic acids is 1. The minimum atomic E-state index is -1.26. The molecule has 180 valence electrons. The second-order valence-electron chi connectivity index (χ2n) is 9.08. The number of hydrogen-bond donors (Lipinski definition) is 3. The standard InChI is InChI=1S/C28H28N2O5/c1-28(2,26(33)29-24-14-8-3-9-18(24)15-16-25(31)32)30-27(34)35-17-23-21-12-6-4-10-19(21)20-11-5-7-13-22(20)23/h3-14,23H,15-17H2,1-2H3,(H,29,33)(H,30,34)(H,31,32). The molecule has 0 bridgehead atoms. The fraction of sp³-hybridized carbons (Fsp3) is 0.250. The number of carbonyl (C=O) groups excluding carboxylic acids is 2. The van der Waals surface area contributed by atoms with Crippen LogP contribution in [-0.4, -0.2) is 35.2 Å².